The number of hydrogen-bond donors (Lipinski definition) is 1. The fraction of sp³-hybridized carbons (Fsp3) is 0.400. The van der Waals surface area contributed by atoms with Crippen LogP contribution in [0.5, 0.6) is 5.75 Å². The quantitative estimate of drug-likeness (QED) is 0.171. The van der Waals surface area contributed by atoms with Crippen LogP contribution < -0.4 is 15.0 Å². The first kappa shape index (κ1) is 34.2. The van der Waals surface area contributed by atoms with E-state index >= 15 is 0 Å². The number of carbonyl (C=O) groups excluding carboxylic acids is 4. The fourth-order valence-electron chi connectivity index (χ4n) is 4.28. The molecule has 2 aromatic rings. The number of halogens is 4. The van der Waals surface area contributed by atoms with Crippen LogP contribution in [0, 0.1) is 5.82 Å². The zero-order chi connectivity index (χ0) is 31.7. The van der Waals surface area contributed by atoms with Crippen molar-refractivity contribution in [1.82, 2.24) is 4.90 Å². The molecule has 9 nitrogen and oxygen atoms in total. The van der Waals surface area contributed by atoms with E-state index in [2.05, 4.69) is 5.32 Å². The molecule has 4 amide bonds. The van der Waals surface area contributed by atoms with Crippen LogP contribution in [0.15, 0.2) is 41.5 Å². The molecule has 232 valence electrons. The van der Waals surface area contributed by atoms with Crippen LogP contribution in [-0.4, -0.2) is 56.0 Å². The molecule has 4 rings (SSSR count). The number of amides is 4. The highest BCUT2D eigenvalue weighted by atomic mass is 35.5. The third-order valence-corrected chi connectivity index (χ3v) is 7.60. The third kappa shape index (κ3) is 9.08. The van der Waals surface area contributed by atoms with Gasteiger partial charge in [-0.25, -0.2) is 18.9 Å². The zero-order valence-corrected chi connectivity index (χ0v) is 26.4. The second kappa shape index (κ2) is 15.9. The minimum atomic E-state index is -0.814. The standard InChI is InChI=1S/C21H23ClFNO5.C9H10Cl2N2O/c1-2-3-6-9-28-19(25)12-29-18-11-17(16(23)10-15(18)22)24-20(26)13-7-4-5-8-14(13)21(24)27;1-13(2)9(14)12-6-3-4-7(10)8(11)5-6/h10-11H,2-9,12H2,1H3;3-5H,1-2H3,(H,12,14). The highest BCUT2D eigenvalue weighted by Gasteiger charge is 2.41. The molecule has 1 N–H and O–H groups in total. The topological polar surface area (TPSA) is 105 Å². The van der Waals surface area contributed by atoms with E-state index in [9.17, 15) is 23.6 Å². The maximum absolute atomic E-state index is 14.5. The van der Waals surface area contributed by atoms with E-state index in [0.717, 1.165) is 43.1 Å². The van der Waals surface area contributed by atoms with Gasteiger partial charge in [0.05, 0.1) is 27.4 Å². The van der Waals surface area contributed by atoms with Crippen LogP contribution in [-0.2, 0) is 19.1 Å². The normalized spacial score (nSPS) is 14.2. The maximum atomic E-state index is 14.5. The summed E-state index contributed by atoms with van der Waals surface area (Å²) in [5.41, 5.74) is 1.30. The van der Waals surface area contributed by atoms with Gasteiger partial charge in [0, 0.05) is 37.0 Å². The lowest BCUT2D eigenvalue weighted by Crippen LogP contribution is -2.32. The Morgan fingerprint density at radius 2 is 1.60 bits per heavy atom. The van der Waals surface area contributed by atoms with Gasteiger partial charge in [-0.3, -0.25) is 9.59 Å². The lowest BCUT2D eigenvalue weighted by Gasteiger charge is -2.18. The largest absolute Gasteiger partial charge is 0.480 e. The second-order valence-corrected chi connectivity index (χ2v) is 11.2. The van der Waals surface area contributed by atoms with Gasteiger partial charge in [-0.05, 0) is 56.4 Å². The first-order chi connectivity index (χ1) is 20.4. The summed E-state index contributed by atoms with van der Waals surface area (Å²) in [7, 11) is 3.32. The van der Waals surface area contributed by atoms with Crippen molar-refractivity contribution in [1.29, 1.82) is 0 Å². The lowest BCUT2D eigenvalue weighted by molar-refractivity contribution is -0.146. The van der Waals surface area contributed by atoms with Crippen LogP contribution in [0.1, 0.15) is 51.9 Å². The third-order valence-electron chi connectivity index (χ3n) is 6.57. The number of urea groups is 1. The molecule has 0 spiro atoms. The van der Waals surface area contributed by atoms with Gasteiger partial charge in [0.25, 0.3) is 11.8 Å². The number of nitrogens with zero attached hydrogens (tertiary/aromatic N) is 2. The Morgan fingerprint density at radius 3 is 2.19 bits per heavy atom. The number of carbonyl (C=O) groups is 4. The summed E-state index contributed by atoms with van der Waals surface area (Å²) in [6, 6.07) is 6.87. The summed E-state index contributed by atoms with van der Waals surface area (Å²) < 4.78 is 25.0. The van der Waals surface area contributed by atoms with Gasteiger partial charge in [0.1, 0.15) is 11.6 Å². The minimum Gasteiger partial charge on any atom is -0.480 e. The average Bonchev–Trinajstić information content (AvgIpc) is 3.22. The maximum Gasteiger partial charge on any atom is 0.344 e. The van der Waals surface area contributed by atoms with Crippen LogP contribution in [0.25, 0.3) is 0 Å². The van der Waals surface area contributed by atoms with Crippen molar-refractivity contribution in [2.45, 2.75) is 51.9 Å². The molecule has 0 saturated carbocycles. The molecule has 2 aliphatic rings. The fourth-order valence-corrected chi connectivity index (χ4v) is 4.79. The van der Waals surface area contributed by atoms with Crippen molar-refractivity contribution < 1.29 is 33.0 Å². The smallest absolute Gasteiger partial charge is 0.344 e. The van der Waals surface area contributed by atoms with E-state index in [1.807, 2.05) is 6.92 Å². The summed E-state index contributed by atoms with van der Waals surface area (Å²) in [6.45, 7) is 1.93. The van der Waals surface area contributed by atoms with E-state index in [4.69, 9.17) is 44.3 Å². The van der Waals surface area contributed by atoms with Crippen LogP contribution in [0.4, 0.5) is 20.6 Å². The molecule has 0 radical (unpaired) electrons. The molecule has 0 unspecified atom stereocenters. The summed E-state index contributed by atoms with van der Waals surface area (Å²) in [4.78, 5) is 50.6. The highest BCUT2D eigenvalue weighted by Crippen LogP contribution is 2.39. The Bertz CT molecular complexity index is 1390. The molecule has 1 aliphatic carbocycles. The van der Waals surface area contributed by atoms with Crippen LogP contribution in [0.2, 0.25) is 15.1 Å². The molecule has 1 aliphatic heterocycles. The Labute approximate surface area is 264 Å². The predicted molar refractivity (Wildman–Crippen MR) is 165 cm³/mol. The summed E-state index contributed by atoms with van der Waals surface area (Å²) >= 11 is 17.5. The van der Waals surface area contributed by atoms with Crippen molar-refractivity contribution in [2.24, 2.45) is 0 Å². The van der Waals surface area contributed by atoms with Gasteiger partial charge in [-0.1, -0.05) is 54.6 Å². The van der Waals surface area contributed by atoms with Gasteiger partial charge in [0.15, 0.2) is 6.61 Å². The number of esters is 1. The van der Waals surface area contributed by atoms with Gasteiger partial charge >= 0.3 is 12.0 Å². The van der Waals surface area contributed by atoms with Gasteiger partial charge < -0.3 is 19.7 Å². The number of imide groups is 1. The Balaban J connectivity index is 0.000000303. The van der Waals surface area contributed by atoms with Crippen molar-refractivity contribution >= 4 is 70.0 Å². The van der Waals surface area contributed by atoms with Crippen molar-refractivity contribution in [3.8, 4) is 5.75 Å². The van der Waals surface area contributed by atoms with Gasteiger partial charge in [-0.15, -0.1) is 0 Å². The van der Waals surface area contributed by atoms with Crippen molar-refractivity contribution in [2.75, 3.05) is 37.5 Å². The molecule has 0 bridgehead atoms. The molecule has 0 fully saturated rings. The van der Waals surface area contributed by atoms with Crippen molar-refractivity contribution in [3.63, 3.8) is 0 Å². The minimum absolute atomic E-state index is 0.000883. The summed E-state index contributed by atoms with van der Waals surface area (Å²) in [5, 5.41) is 3.47. The predicted octanol–water partition coefficient (Wildman–Crippen LogP) is 7.42. The van der Waals surface area contributed by atoms with E-state index < -0.39 is 30.2 Å². The second-order valence-electron chi connectivity index (χ2n) is 10.0. The van der Waals surface area contributed by atoms with E-state index in [1.54, 1.807) is 32.3 Å². The van der Waals surface area contributed by atoms with Crippen molar-refractivity contribution in [3.05, 3.63) is 62.4 Å². The molecule has 0 atom stereocenters. The summed E-state index contributed by atoms with van der Waals surface area (Å²) in [6.07, 6.45) is 5.40. The number of hydrogen-bond acceptors (Lipinski definition) is 6. The SMILES string of the molecule is CCCCCOC(=O)COc1cc(N2C(=O)C3=C(CCCC3)C2=O)c(F)cc1Cl.CN(C)C(=O)Nc1ccc(Cl)c(Cl)c1. The Morgan fingerprint density at radius 1 is 0.953 bits per heavy atom. The van der Waals surface area contributed by atoms with E-state index in [0.29, 0.717) is 46.3 Å². The zero-order valence-electron chi connectivity index (χ0n) is 24.1. The number of rotatable bonds is 9. The Hall–Kier alpha value is -3.34. The first-order valence-corrected chi connectivity index (χ1v) is 14.9. The number of nitrogens with one attached hydrogen (secondary N) is 1. The molecule has 43 heavy (non-hydrogen) atoms. The Kier molecular flexibility index (Phi) is 12.7. The lowest BCUT2D eigenvalue weighted by atomic mass is 9.93. The highest BCUT2D eigenvalue weighted by molar-refractivity contribution is 6.42. The molecular formula is C30H33Cl3FN3O6. The average molecular weight is 657 g/mol. The van der Waals surface area contributed by atoms with E-state index in [1.165, 1.54) is 11.0 Å². The van der Waals surface area contributed by atoms with E-state index in [-0.39, 0.29) is 22.5 Å². The van der Waals surface area contributed by atoms with Gasteiger partial charge in [-0.2, -0.15) is 0 Å². The first-order valence-electron chi connectivity index (χ1n) is 13.8. The number of unbranched alkanes of at least 4 members (excludes halogenated alkanes) is 2. The monoisotopic (exact) mass is 655 g/mol. The number of anilines is 2. The molecule has 1 heterocycles. The molecule has 0 aromatic heterocycles. The summed E-state index contributed by atoms with van der Waals surface area (Å²) in [5.74, 6) is -2.40. The van der Waals surface area contributed by atoms with Crippen LogP contribution in [0.3, 0.4) is 0 Å². The van der Waals surface area contributed by atoms with Crippen LogP contribution >= 0.6 is 34.8 Å². The molecule has 0 saturated heterocycles. The molecule has 2 aromatic carbocycles. The molecular weight excluding hydrogens is 624 g/mol. The molecule has 13 heteroatoms. The van der Waals surface area contributed by atoms with Gasteiger partial charge in [0.2, 0.25) is 0 Å². The number of benzene rings is 2. The number of ether oxygens (including phenoxy) is 2.